The third-order valence-corrected chi connectivity index (χ3v) is 4.37. The van der Waals surface area contributed by atoms with E-state index in [-0.39, 0.29) is 19.0 Å². The molecule has 2 fully saturated rings. The van der Waals surface area contributed by atoms with Gasteiger partial charge in [-0.2, -0.15) is 0 Å². The smallest absolute Gasteiger partial charge is 0.317 e. The van der Waals surface area contributed by atoms with Gasteiger partial charge in [0.15, 0.2) is 0 Å². The Morgan fingerprint density at radius 2 is 1.84 bits per heavy atom. The van der Waals surface area contributed by atoms with Crippen molar-refractivity contribution in [3.8, 4) is 0 Å². The number of carbonyl (C=O) groups is 2. The molecular formula is C14H24N2O3. The van der Waals surface area contributed by atoms with Crippen molar-refractivity contribution in [3.63, 3.8) is 0 Å². The minimum absolute atomic E-state index is 0.0757. The number of nitrogens with zero attached hydrogens (tertiary/aromatic N) is 2. The lowest BCUT2D eigenvalue weighted by molar-refractivity contribution is -0.141. The number of fused-ring (bicyclic) bond motifs is 1. The van der Waals surface area contributed by atoms with Gasteiger partial charge in [-0.3, -0.25) is 14.5 Å². The van der Waals surface area contributed by atoms with Crippen molar-refractivity contribution in [2.24, 2.45) is 5.92 Å². The predicted molar refractivity (Wildman–Crippen MR) is 71.8 cm³/mol. The first-order valence-corrected chi connectivity index (χ1v) is 7.27. The number of carboxylic acids is 1. The van der Waals surface area contributed by atoms with Crippen molar-refractivity contribution in [3.05, 3.63) is 0 Å². The van der Waals surface area contributed by atoms with Gasteiger partial charge in [0.1, 0.15) is 0 Å². The molecule has 1 saturated heterocycles. The molecule has 1 heterocycles. The summed E-state index contributed by atoms with van der Waals surface area (Å²) in [4.78, 5) is 26.6. The molecule has 108 valence electrons. The lowest BCUT2D eigenvalue weighted by Crippen LogP contribution is -2.52. The predicted octanol–water partition coefficient (Wildman–Crippen LogP) is 1.18. The zero-order chi connectivity index (χ0) is 13.8. The number of hydrogen-bond donors (Lipinski definition) is 1. The molecule has 19 heavy (non-hydrogen) atoms. The summed E-state index contributed by atoms with van der Waals surface area (Å²) in [5.41, 5.74) is 0. The van der Waals surface area contributed by atoms with E-state index >= 15 is 0 Å². The average Bonchev–Trinajstić information content (AvgIpc) is 2.36. The van der Waals surface area contributed by atoms with Crippen LogP contribution in [0, 0.1) is 5.92 Å². The topological polar surface area (TPSA) is 60.9 Å². The molecule has 0 unspecified atom stereocenters. The number of amides is 1. The minimum Gasteiger partial charge on any atom is -0.480 e. The number of aliphatic carboxylic acids is 1. The number of piperidine rings is 1. The molecule has 0 aromatic rings. The van der Waals surface area contributed by atoms with Crippen LogP contribution in [0.2, 0.25) is 0 Å². The fourth-order valence-electron chi connectivity index (χ4n) is 3.54. The minimum atomic E-state index is -0.885. The van der Waals surface area contributed by atoms with Gasteiger partial charge in [0.2, 0.25) is 5.91 Å². The van der Waals surface area contributed by atoms with Gasteiger partial charge < -0.3 is 10.0 Å². The maximum atomic E-state index is 12.3. The summed E-state index contributed by atoms with van der Waals surface area (Å²) in [6.07, 6.45) is 7.23. The molecule has 1 saturated carbocycles. The third-order valence-electron chi connectivity index (χ3n) is 4.37. The Morgan fingerprint density at radius 1 is 1.16 bits per heavy atom. The van der Waals surface area contributed by atoms with Crippen LogP contribution in [0.15, 0.2) is 0 Å². The molecular weight excluding hydrogens is 244 g/mol. The molecule has 0 radical (unpaired) electrons. The second-order valence-electron chi connectivity index (χ2n) is 5.91. The fraction of sp³-hybridized carbons (Fsp3) is 0.857. The van der Waals surface area contributed by atoms with Crippen molar-refractivity contribution in [2.75, 3.05) is 26.7 Å². The van der Waals surface area contributed by atoms with E-state index in [0.717, 1.165) is 19.4 Å². The van der Waals surface area contributed by atoms with E-state index < -0.39 is 5.97 Å². The summed E-state index contributed by atoms with van der Waals surface area (Å²) >= 11 is 0. The summed E-state index contributed by atoms with van der Waals surface area (Å²) in [5.74, 6) is -0.110. The highest BCUT2D eigenvalue weighted by atomic mass is 16.4. The van der Waals surface area contributed by atoms with E-state index in [1.165, 1.54) is 25.7 Å². The SMILES string of the molecule is CN(CC(=O)O)CC(=O)N1CCC[C@@H]2CCCC[C@@H]21. The number of hydrogen-bond acceptors (Lipinski definition) is 3. The molecule has 1 N–H and O–H groups in total. The van der Waals surface area contributed by atoms with E-state index in [4.69, 9.17) is 5.11 Å². The van der Waals surface area contributed by atoms with Crippen LogP contribution in [0.3, 0.4) is 0 Å². The largest absolute Gasteiger partial charge is 0.480 e. The highest BCUT2D eigenvalue weighted by Crippen LogP contribution is 2.35. The van der Waals surface area contributed by atoms with Crippen molar-refractivity contribution < 1.29 is 14.7 Å². The Hall–Kier alpha value is -1.10. The molecule has 1 aliphatic heterocycles. The first kappa shape index (κ1) is 14.3. The monoisotopic (exact) mass is 268 g/mol. The van der Waals surface area contributed by atoms with E-state index in [1.54, 1.807) is 11.9 Å². The van der Waals surface area contributed by atoms with E-state index in [0.29, 0.717) is 12.0 Å². The molecule has 5 heteroatoms. The van der Waals surface area contributed by atoms with Gasteiger partial charge in [0.25, 0.3) is 0 Å². The molecule has 0 aromatic heterocycles. The van der Waals surface area contributed by atoms with Gasteiger partial charge in [-0.25, -0.2) is 0 Å². The summed E-state index contributed by atoms with van der Waals surface area (Å²) < 4.78 is 0. The maximum absolute atomic E-state index is 12.3. The summed E-state index contributed by atoms with van der Waals surface area (Å²) in [6, 6.07) is 0.410. The number of likely N-dealkylation sites (tertiary alicyclic amines) is 1. The zero-order valence-electron chi connectivity index (χ0n) is 11.7. The van der Waals surface area contributed by atoms with Gasteiger partial charge in [-0.1, -0.05) is 12.8 Å². The van der Waals surface area contributed by atoms with Crippen LogP contribution < -0.4 is 0 Å². The maximum Gasteiger partial charge on any atom is 0.317 e. The molecule has 0 bridgehead atoms. The van der Waals surface area contributed by atoms with Crippen LogP contribution in [-0.4, -0.2) is 59.5 Å². The zero-order valence-corrected chi connectivity index (χ0v) is 11.7. The van der Waals surface area contributed by atoms with E-state index in [1.807, 2.05) is 4.90 Å². The van der Waals surface area contributed by atoms with Crippen molar-refractivity contribution in [1.29, 1.82) is 0 Å². The van der Waals surface area contributed by atoms with Crippen molar-refractivity contribution >= 4 is 11.9 Å². The number of likely N-dealkylation sites (N-methyl/N-ethyl adjacent to an activating group) is 1. The molecule has 1 aliphatic carbocycles. The quantitative estimate of drug-likeness (QED) is 0.832. The number of rotatable bonds is 4. The Labute approximate surface area is 114 Å². The highest BCUT2D eigenvalue weighted by molar-refractivity contribution is 5.79. The first-order valence-electron chi connectivity index (χ1n) is 7.27. The van der Waals surface area contributed by atoms with Crippen LogP contribution in [0.4, 0.5) is 0 Å². The summed E-state index contributed by atoms with van der Waals surface area (Å²) in [6.45, 7) is 0.990. The van der Waals surface area contributed by atoms with Crippen molar-refractivity contribution in [2.45, 2.75) is 44.6 Å². The fourth-order valence-corrected chi connectivity index (χ4v) is 3.54. The molecule has 5 nitrogen and oxygen atoms in total. The van der Waals surface area contributed by atoms with Crippen LogP contribution in [0.5, 0.6) is 0 Å². The van der Waals surface area contributed by atoms with Crippen molar-refractivity contribution in [1.82, 2.24) is 9.80 Å². The lowest BCUT2D eigenvalue weighted by atomic mass is 9.78. The highest BCUT2D eigenvalue weighted by Gasteiger charge is 2.35. The van der Waals surface area contributed by atoms with Crippen LogP contribution in [0.1, 0.15) is 38.5 Å². The Morgan fingerprint density at radius 3 is 2.58 bits per heavy atom. The molecule has 1 amide bonds. The van der Waals surface area contributed by atoms with Gasteiger partial charge in [-0.15, -0.1) is 0 Å². The van der Waals surface area contributed by atoms with Gasteiger partial charge in [-0.05, 0) is 38.6 Å². The number of carbonyl (C=O) groups excluding carboxylic acids is 1. The molecule has 0 spiro atoms. The Bertz CT molecular complexity index is 344. The van der Waals surface area contributed by atoms with Crippen LogP contribution >= 0.6 is 0 Å². The van der Waals surface area contributed by atoms with Crippen LogP contribution in [-0.2, 0) is 9.59 Å². The second-order valence-corrected chi connectivity index (χ2v) is 5.91. The third kappa shape index (κ3) is 3.69. The standard InChI is InChI=1S/C14H24N2O3/c1-15(10-14(18)19)9-13(17)16-8-4-6-11-5-2-3-7-12(11)16/h11-12H,2-10H2,1H3,(H,18,19)/t11-,12-/m0/s1. The van der Waals surface area contributed by atoms with E-state index in [9.17, 15) is 9.59 Å². The summed E-state index contributed by atoms with van der Waals surface area (Å²) in [7, 11) is 1.69. The lowest BCUT2D eigenvalue weighted by Gasteiger charge is -2.44. The van der Waals surface area contributed by atoms with Gasteiger partial charge in [0.05, 0.1) is 13.1 Å². The normalized spacial score (nSPS) is 27.2. The Kier molecular flexibility index (Phi) is 4.80. The Balaban J connectivity index is 1.91. The number of carboxylic acid groups (broad SMARTS) is 1. The summed E-state index contributed by atoms with van der Waals surface area (Å²) in [5, 5.41) is 8.73. The molecule has 2 rings (SSSR count). The molecule has 0 aromatic carbocycles. The van der Waals surface area contributed by atoms with Gasteiger partial charge in [0, 0.05) is 12.6 Å². The first-order chi connectivity index (χ1) is 9.08. The average molecular weight is 268 g/mol. The van der Waals surface area contributed by atoms with E-state index in [2.05, 4.69) is 0 Å². The van der Waals surface area contributed by atoms with Crippen LogP contribution in [0.25, 0.3) is 0 Å². The molecule has 2 aliphatic rings. The molecule has 2 atom stereocenters. The second kappa shape index (κ2) is 6.37. The van der Waals surface area contributed by atoms with Gasteiger partial charge >= 0.3 is 5.97 Å².